The Morgan fingerprint density at radius 2 is 1.86 bits per heavy atom. The molecule has 0 fully saturated rings. The summed E-state index contributed by atoms with van der Waals surface area (Å²) in [6, 6.07) is 0. The zero-order valence-corrected chi connectivity index (χ0v) is 5.50. The zero-order chi connectivity index (χ0) is 5.70. The van der Waals surface area contributed by atoms with E-state index in [1.165, 1.54) is 0 Å². The van der Waals surface area contributed by atoms with Crippen LogP contribution in [0.3, 0.4) is 0 Å². The van der Waals surface area contributed by atoms with Crippen LogP contribution in [0.2, 0.25) is 0 Å². The van der Waals surface area contributed by atoms with E-state index in [1.54, 1.807) is 0 Å². The number of nitrogens with zero attached hydrogens (tertiary/aromatic N) is 1. The highest BCUT2D eigenvalue weighted by Crippen LogP contribution is 1.78. The van der Waals surface area contributed by atoms with Crippen molar-refractivity contribution in [3.8, 4) is 0 Å². The molecule has 0 amide bonds. The van der Waals surface area contributed by atoms with E-state index in [1.807, 2.05) is 18.9 Å². The number of hydrazine groups is 1. The van der Waals surface area contributed by atoms with Crippen molar-refractivity contribution < 1.29 is 0 Å². The molecule has 0 heterocycles. The highest BCUT2D eigenvalue weighted by Gasteiger charge is 1.89. The average molecular weight is 123 g/mol. The fraction of sp³-hybridized carbons (Fsp3) is 1.00. The Morgan fingerprint density at radius 1 is 1.43 bits per heavy atom. The molecule has 0 saturated heterocycles. The van der Waals surface area contributed by atoms with Crippen LogP contribution < -0.4 is 4.94 Å². The molecular formula is C4H11ClN2. The quantitative estimate of drug-likeness (QED) is 0.444. The standard InChI is InChI=1S/C4H11ClN2/c1-3-7(4-2)6-5/h6H,3-4H2,1-2H3. The Labute approximate surface area is 49.5 Å². The molecule has 0 aromatic carbocycles. The molecule has 0 aromatic heterocycles. The van der Waals surface area contributed by atoms with Crippen LogP contribution in [0.5, 0.6) is 0 Å². The summed E-state index contributed by atoms with van der Waals surface area (Å²) >= 11 is 5.24. The predicted molar refractivity (Wildman–Crippen MR) is 31.9 cm³/mol. The van der Waals surface area contributed by atoms with Crippen molar-refractivity contribution in [2.24, 2.45) is 0 Å². The highest BCUT2D eigenvalue weighted by molar-refractivity contribution is 6.13. The van der Waals surface area contributed by atoms with Crippen LogP contribution in [0, 0.1) is 0 Å². The first-order valence-corrected chi connectivity index (χ1v) is 2.84. The Balaban J connectivity index is 2.99. The van der Waals surface area contributed by atoms with Gasteiger partial charge in [0.2, 0.25) is 0 Å². The van der Waals surface area contributed by atoms with Gasteiger partial charge >= 0.3 is 0 Å². The molecule has 0 bridgehead atoms. The number of nitrogens with one attached hydrogen (secondary N) is 1. The van der Waals surface area contributed by atoms with Crippen LogP contribution in [0.25, 0.3) is 0 Å². The van der Waals surface area contributed by atoms with Crippen molar-refractivity contribution in [2.45, 2.75) is 13.8 Å². The first kappa shape index (κ1) is 7.21. The Hall–Kier alpha value is 0.210. The molecule has 0 atom stereocenters. The van der Waals surface area contributed by atoms with Crippen LogP contribution in [0.15, 0.2) is 0 Å². The van der Waals surface area contributed by atoms with Crippen molar-refractivity contribution >= 4 is 11.8 Å². The van der Waals surface area contributed by atoms with Gasteiger partial charge in [0.05, 0.1) is 0 Å². The minimum Gasteiger partial charge on any atom is -0.231 e. The van der Waals surface area contributed by atoms with Crippen molar-refractivity contribution in [1.29, 1.82) is 0 Å². The monoisotopic (exact) mass is 122 g/mol. The van der Waals surface area contributed by atoms with Gasteiger partial charge in [-0.05, 0) is 11.8 Å². The number of rotatable bonds is 3. The average Bonchev–Trinajstić information content (AvgIpc) is 1.72. The lowest BCUT2D eigenvalue weighted by Crippen LogP contribution is -2.30. The minimum atomic E-state index is 0.944. The molecule has 3 heteroatoms. The van der Waals surface area contributed by atoms with Gasteiger partial charge in [-0.1, -0.05) is 13.8 Å². The summed E-state index contributed by atoms with van der Waals surface area (Å²) in [4.78, 5) is 2.51. The van der Waals surface area contributed by atoms with E-state index < -0.39 is 0 Å². The van der Waals surface area contributed by atoms with Crippen LogP contribution >= 0.6 is 11.8 Å². The van der Waals surface area contributed by atoms with Gasteiger partial charge in [0.1, 0.15) is 0 Å². The smallest absolute Gasteiger partial charge is 0.0114 e. The summed E-state index contributed by atoms with van der Waals surface area (Å²) in [6.45, 7) is 5.97. The Morgan fingerprint density at radius 3 is 1.86 bits per heavy atom. The highest BCUT2D eigenvalue weighted by atomic mass is 35.5. The molecule has 1 N–H and O–H groups in total. The van der Waals surface area contributed by atoms with Crippen molar-refractivity contribution in [3.63, 3.8) is 0 Å². The number of hydrogen-bond donors (Lipinski definition) is 1. The van der Waals surface area contributed by atoms with Gasteiger partial charge in [-0.15, -0.1) is 0 Å². The second-order valence-electron chi connectivity index (χ2n) is 1.26. The summed E-state index contributed by atoms with van der Waals surface area (Å²) in [5.41, 5.74) is 0. The molecule has 7 heavy (non-hydrogen) atoms. The first-order chi connectivity index (χ1) is 3.35. The van der Waals surface area contributed by atoms with E-state index >= 15 is 0 Å². The molecule has 0 spiro atoms. The van der Waals surface area contributed by atoms with E-state index in [0.717, 1.165) is 13.1 Å². The van der Waals surface area contributed by atoms with Crippen LogP contribution in [-0.2, 0) is 0 Å². The normalized spacial score (nSPS) is 10.3. The minimum absolute atomic E-state index is 0.944. The third kappa shape index (κ3) is 2.85. The summed E-state index contributed by atoms with van der Waals surface area (Å²) in [7, 11) is 0. The van der Waals surface area contributed by atoms with Gasteiger partial charge in [0, 0.05) is 13.1 Å². The second kappa shape index (κ2) is 4.37. The Kier molecular flexibility index (Phi) is 4.50. The largest absolute Gasteiger partial charge is 0.231 e. The van der Waals surface area contributed by atoms with Gasteiger partial charge in [-0.2, -0.15) is 4.94 Å². The molecule has 0 aliphatic rings. The number of hydrogen-bond acceptors (Lipinski definition) is 2. The predicted octanol–water partition coefficient (Wildman–Crippen LogP) is 0.987. The number of halogens is 1. The van der Waals surface area contributed by atoms with Crippen LogP contribution in [0.1, 0.15) is 13.8 Å². The zero-order valence-electron chi connectivity index (χ0n) is 4.74. The van der Waals surface area contributed by atoms with E-state index in [4.69, 9.17) is 11.8 Å². The van der Waals surface area contributed by atoms with E-state index in [2.05, 4.69) is 4.94 Å². The van der Waals surface area contributed by atoms with Gasteiger partial charge in [0.25, 0.3) is 0 Å². The SMILES string of the molecule is CCN(CC)NCl. The molecule has 0 aliphatic carbocycles. The molecule has 0 aromatic rings. The maximum absolute atomic E-state index is 5.24. The van der Waals surface area contributed by atoms with Gasteiger partial charge in [0.15, 0.2) is 0 Å². The first-order valence-electron chi connectivity index (χ1n) is 2.46. The Bertz CT molecular complexity index is 31.2. The lowest BCUT2D eigenvalue weighted by atomic mass is 10.6. The maximum atomic E-state index is 5.24. The molecule has 0 radical (unpaired) electrons. The van der Waals surface area contributed by atoms with Gasteiger partial charge in [-0.3, -0.25) is 0 Å². The summed E-state index contributed by atoms with van der Waals surface area (Å²) in [6.07, 6.45) is 0. The second-order valence-corrected chi connectivity index (χ2v) is 1.43. The third-order valence-electron chi connectivity index (χ3n) is 0.883. The molecular weight excluding hydrogens is 112 g/mol. The molecule has 0 rings (SSSR count). The maximum Gasteiger partial charge on any atom is 0.0114 e. The molecule has 2 nitrogen and oxygen atoms in total. The fourth-order valence-corrected chi connectivity index (χ4v) is 0.582. The van der Waals surface area contributed by atoms with Crippen molar-refractivity contribution in [1.82, 2.24) is 9.95 Å². The summed E-state index contributed by atoms with van der Waals surface area (Å²) < 4.78 is 0. The van der Waals surface area contributed by atoms with E-state index in [0.29, 0.717) is 0 Å². The molecule has 0 unspecified atom stereocenters. The third-order valence-corrected chi connectivity index (χ3v) is 1.12. The molecule has 0 saturated carbocycles. The van der Waals surface area contributed by atoms with Gasteiger partial charge in [-0.25, -0.2) is 5.01 Å². The fourth-order valence-electron chi connectivity index (χ4n) is 0.343. The lowest BCUT2D eigenvalue weighted by Gasteiger charge is -2.12. The van der Waals surface area contributed by atoms with E-state index in [9.17, 15) is 0 Å². The molecule has 44 valence electrons. The summed E-state index contributed by atoms with van der Waals surface area (Å²) in [5.74, 6) is 0. The van der Waals surface area contributed by atoms with Crippen LogP contribution in [0.4, 0.5) is 0 Å². The van der Waals surface area contributed by atoms with Crippen LogP contribution in [-0.4, -0.2) is 18.1 Å². The van der Waals surface area contributed by atoms with Crippen molar-refractivity contribution in [2.75, 3.05) is 13.1 Å². The summed E-state index contributed by atoms with van der Waals surface area (Å²) in [5, 5.41) is 1.89. The van der Waals surface area contributed by atoms with Gasteiger partial charge < -0.3 is 0 Å². The van der Waals surface area contributed by atoms with E-state index in [-0.39, 0.29) is 0 Å². The topological polar surface area (TPSA) is 15.3 Å². The van der Waals surface area contributed by atoms with Crippen molar-refractivity contribution in [3.05, 3.63) is 0 Å². The lowest BCUT2D eigenvalue weighted by molar-refractivity contribution is 0.274. The molecule has 0 aliphatic heterocycles.